The molecule has 6 nitrogen and oxygen atoms in total. The van der Waals surface area contributed by atoms with Gasteiger partial charge in [0, 0.05) is 12.6 Å². The standard InChI is InChI=1S/C12H22N4O2/c1-9(2)7-10(8-16(3)4)15-12(18)11(17)14-6-5-13/h9-10H,6-8H2,1-4H3,(H,14,17)(H,15,18). The van der Waals surface area contributed by atoms with Gasteiger partial charge in [-0.1, -0.05) is 13.8 Å². The highest BCUT2D eigenvalue weighted by molar-refractivity contribution is 6.35. The van der Waals surface area contributed by atoms with Gasteiger partial charge in [0.05, 0.1) is 6.07 Å². The van der Waals surface area contributed by atoms with Crippen molar-refractivity contribution >= 4 is 11.8 Å². The van der Waals surface area contributed by atoms with Gasteiger partial charge in [-0.05, 0) is 26.4 Å². The summed E-state index contributed by atoms with van der Waals surface area (Å²) in [4.78, 5) is 24.9. The Morgan fingerprint density at radius 3 is 2.33 bits per heavy atom. The molecule has 2 amide bonds. The summed E-state index contributed by atoms with van der Waals surface area (Å²) in [6, 6.07) is 1.68. The third kappa shape index (κ3) is 7.63. The fourth-order valence-electron chi connectivity index (χ4n) is 1.64. The van der Waals surface area contributed by atoms with Crippen molar-refractivity contribution in [3.63, 3.8) is 0 Å². The maximum atomic E-state index is 11.6. The minimum absolute atomic E-state index is 0.0691. The average molecular weight is 254 g/mol. The van der Waals surface area contributed by atoms with Crippen LogP contribution in [-0.2, 0) is 9.59 Å². The van der Waals surface area contributed by atoms with Gasteiger partial charge >= 0.3 is 11.8 Å². The Morgan fingerprint density at radius 2 is 1.89 bits per heavy atom. The van der Waals surface area contributed by atoms with Gasteiger partial charge in [-0.3, -0.25) is 9.59 Å². The molecule has 18 heavy (non-hydrogen) atoms. The van der Waals surface area contributed by atoms with E-state index in [1.54, 1.807) is 6.07 Å². The number of nitrogens with one attached hydrogen (secondary N) is 2. The molecule has 2 N–H and O–H groups in total. The number of carbonyl (C=O) groups is 2. The van der Waals surface area contributed by atoms with Gasteiger partial charge < -0.3 is 15.5 Å². The van der Waals surface area contributed by atoms with Crippen molar-refractivity contribution in [2.24, 2.45) is 5.92 Å². The number of nitrogens with zero attached hydrogens (tertiary/aromatic N) is 2. The number of hydrogen-bond donors (Lipinski definition) is 2. The van der Waals surface area contributed by atoms with E-state index in [0.717, 1.165) is 6.42 Å². The van der Waals surface area contributed by atoms with E-state index in [9.17, 15) is 9.59 Å². The van der Waals surface area contributed by atoms with Crippen molar-refractivity contribution in [1.82, 2.24) is 15.5 Å². The monoisotopic (exact) mass is 254 g/mol. The molecule has 0 spiro atoms. The molecule has 0 radical (unpaired) electrons. The molecule has 0 saturated carbocycles. The van der Waals surface area contributed by atoms with Crippen molar-refractivity contribution in [3.8, 4) is 6.07 Å². The van der Waals surface area contributed by atoms with E-state index in [1.165, 1.54) is 0 Å². The number of nitriles is 1. The number of amides is 2. The number of rotatable bonds is 6. The summed E-state index contributed by atoms with van der Waals surface area (Å²) in [5.74, 6) is -1.01. The lowest BCUT2D eigenvalue weighted by Crippen LogP contribution is -2.48. The van der Waals surface area contributed by atoms with Crippen molar-refractivity contribution in [2.45, 2.75) is 26.3 Å². The Kier molecular flexibility index (Phi) is 7.72. The van der Waals surface area contributed by atoms with E-state index >= 15 is 0 Å². The summed E-state index contributed by atoms with van der Waals surface area (Å²) in [5.41, 5.74) is 0. The zero-order chi connectivity index (χ0) is 14.1. The van der Waals surface area contributed by atoms with E-state index < -0.39 is 11.8 Å². The highest BCUT2D eigenvalue weighted by Crippen LogP contribution is 2.05. The number of hydrogen-bond acceptors (Lipinski definition) is 4. The fourth-order valence-corrected chi connectivity index (χ4v) is 1.64. The second-order valence-electron chi connectivity index (χ2n) is 4.90. The van der Waals surface area contributed by atoms with E-state index in [0.29, 0.717) is 12.5 Å². The van der Waals surface area contributed by atoms with Crippen LogP contribution in [0.2, 0.25) is 0 Å². The van der Waals surface area contributed by atoms with Crippen LogP contribution in [0.1, 0.15) is 20.3 Å². The molecule has 0 bridgehead atoms. The van der Waals surface area contributed by atoms with Gasteiger partial charge in [-0.25, -0.2) is 0 Å². The Bertz CT molecular complexity index is 311. The molecular formula is C12H22N4O2. The van der Waals surface area contributed by atoms with Crippen LogP contribution in [0.3, 0.4) is 0 Å². The molecule has 0 saturated heterocycles. The van der Waals surface area contributed by atoms with Crippen molar-refractivity contribution < 1.29 is 9.59 Å². The van der Waals surface area contributed by atoms with Crippen LogP contribution in [0, 0.1) is 17.2 Å². The molecule has 0 aromatic heterocycles. The third-order valence-electron chi connectivity index (χ3n) is 2.21. The molecule has 1 unspecified atom stereocenters. The lowest BCUT2D eigenvalue weighted by atomic mass is 10.0. The van der Waals surface area contributed by atoms with Crippen LogP contribution < -0.4 is 10.6 Å². The third-order valence-corrected chi connectivity index (χ3v) is 2.21. The first kappa shape index (κ1) is 16.4. The summed E-state index contributed by atoms with van der Waals surface area (Å²) in [7, 11) is 3.82. The maximum absolute atomic E-state index is 11.6. The van der Waals surface area contributed by atoms with Crippen molar-refractivity contribution in [3.05, 3.63) is 0 Å². The van der Waals surface area contributed by atoms with E-state index in [2.05, 4.69) is 24.5 Å². The maximum Gasteiger partial charge on any atom is 0.310 e. The molecule has 0 aromatic carbocycles. The summed E-state index contributed by atoms with van der Waals surface area (Å²) in [6.45, 7) is 4.64. The van der Waals surface area contributed by atoms with Crippen LogP contribution in [0.15, 0.2) is 0 Å². The smallest absolute Gasteiger partial charge is 0.310 e. The lowest BCUT2D eigenvalue weighted by Gasteiger charge is -2.23. The molecule has 0 aliphatic heterocycles. The van der Waals surface area contributed by atoms with Gasteiger partial charge in [0.15, 0.2) is 0 Å². The minimum Gasteiger partial charge on any atom is -0.344 e. The number of carbonyl (C=O) groups excluding carboxylic acids is 2. The molecule has 6 heteroatoms. The Hall–Kier alpha value is -1.61. The highest BCUT2D eigenvalue weighted by atomic mass is 16.2. The Labute approximate surface area is 108 Å². The highest BCUT2D eigenvalue weighted by Gasteiger charge is 2.19. The van der Waals surface area contributed by atoms with Gasteiger partial charge in [-0.2, -0.15) is 5.26 Å². The van der Waals surface area contributed by atoms with Crippen LogP contribution >= 0.6 is 0 Å². The van der Waals surface area contributed by atoms with E-state index in [1.807, 2.05) is 19.0 Å². The topological polar surface area (TPSA) is 85.2 Å². The summed E-state index contributed by atoms with van der Waals surface area (Å²) in [5, 5.41) is 13.2. The first-order valence-corrected chi connectivity index (χ1v) is 5.97. The van der Waals surface area contributed by atoms with Crippen LogP contribution in [-0.4, -0.2) is 49.9 Å². The van der Waals surface area contributed by atoms with Crippen molar-refractivity contribution in [1.29, 1.82) is 5.26 Å². The second kappa shape index (κ2) is 8.48. The predicted molar refractivity (Wildman–Crippen MR) is 68.6 cm³/mol. The first-order valence-electron chi connectivity index (χ1n) is 5.97. The predicted octanol–water partition coefficient (Wildman–Crippen LogP) is -0.281. The summed E-state index contributed by atoms with van der Waals surface area (Å²) >= 11 is 0. The van der Waals surface area contributed by atoms with Gasteiger partial charge in [0.25, 0.3) is 0 Å². The molecule has 0 aliphatic carbocycles. The van der Waals surface area contributed by atoms with Crippen molar-refractivity contribution in [2.75, 3.05) is 27.2 Å². The zero-order valence-corrected chi connectivity index (χ0v) is 11.5. The van der Waals surface area contributed by atoms with E-state index in [-0.39, 0.29) is 12.6 Å². The van der Waals surface area contributed by atoms with E-state index in [4.69, 9.17) is 5.26 Å². The van der Waals surface area contributed by atoms with Crippen LogP contribution in [0.5, 0.6) is 0 Å². The van der Waals surface area contributed by atoms with Crippen LogP contribution in [0.25, 0.3) is 0 Å². The molecule has 0 aliphatic rings. The molecular weight excluding hydrogens is 232 g/mol. The largest absolute Gasteiger partial charge is 0.344 e. The molecule has 0 heterocycles. The number of likely N-dealkylation sites (N-methyl/N-ethyl adjacent to an activating group) is 1. The average Bonchev–Trinajstić information content (AvgIpc) is 2.23. The quantitative estimate of drug-likeness (QED) is 0.504. The minimum atomic E-state index is -0.760. The lowest BCUT2D eigenvalue weighted by molar-refractivity contribution is -0.139. The first-order chi connectivity index (χ1) is 8.36. The molecule has 0 fully saturated rings. The molecule has 0 aromatic rings. The molecule has 0 rings (SSSR count). The second-order valence-corrected chi connectivity index (χ2v) is 4.90. The van der Waals surface area contributed by atoms with Gasteiger partial charge in [0.2, 0.25) is 0 Å². The fraction of sp³-hybridized carbons (Fsp3) is 0.750. The normalized spacial score (nSPS) is 12.1. The Morgan fingerprint density at radius 1 is 1.28 bits per heavy atom. The zero-order valence-electron chi connectivity index (χ0n) is 11.5. The van der Waals surface area contributed by atoms with Gasteiger partial charge in [0.1, 0.15) is 6.54 Å². The summed E-state index contributed by atoms with van der Waals surface area (Å²) < 4.78 is 0. The summed E-state index contributed by atoms with van der Waals surface area (Å²) in [6.07, 6.45) is 0.801. The van der Waals surface area contributed by atoms with Crippen LogP contribution in [0.4, 0.5) is 0 Å². The van der Waals surface area contributed by atoms with Gasteiger partial charge in [-0.15, -0.1) is 0 Å². The Balaban J connectivity index is 4.34. The SMILES string of the molecule is CC(C)CC(CN(C)C)NC(=O)C(=O)NCC#N. The molecule has 1 atom stereocenters. The molecule has 102 valence electrons.